The molecule has 32 heavy (non-hydrogen) atoms. The molecule has 166 valence electrons. The largest absolute Gasteiger partial charge is 0.494 e. The molecule has 0 radical (unpaired) electrons. The van der Waals surface area contributed by atoms with Crippen molar-refractivity contribution >= 4 is 46.3 Å². The average molecular weight is 458 g/mol. The van der Waals surface area contributed by atoms with Crippen LogP contribution in [0.5, 0.6) is 5.88 Å². The van der Waals surface area contributed by atoms with Crippen molar-refractivity contribution in [2.45, 2.75) is 0 Å². The highest BCUT2D eigenvalue weighted by molar-refractivity contribution is 6.58. The lowest BCUT2D eigenvalue weighted by molar-refractivity contribution is -0.136. The van der Waals surface area contributed by atoms with Crippen LogP contribution in [0.1, 0.15) is 11.1 Å². The number of hydrogen-bond acceptors (Lipinski definition) is 6. The molecule has 5 rings (SSSR count). The number of carbonyl (C=O) groups is 1. The fraction of sp³-hybridized carbons (Fsp3) is 0.227. The zero-order valence-electron chi connectivity index (χ0n) is 17.0. The zero-order valence-corrected chi connectivity index (χ0v) is 17.8. The first kappa shape index (κ1) is 21.8. The van der Waals surface area contributed by atoms with Crippen LogP contribution in [-0.2, 0) is 9.63 Å². The summed E-state index contributed by atoms with van der Waals surface area (Å²) in [6.07, 6.45) is 0. The van der Waals surface area contributed by atoms with Gasteiger partial charge in [0.25, 0.3) is 5.91 Å². The Hall–Kier alpha value is -3.43. The minimum absolute atomic E-state index is 0. The van der Waals surface area contributed by atoms with Crippen LogP contribution in [0.4, 0.5) is 10.1 Å². The lowest BCUT2D eigenvalue weighted by atomic mass is 10.0. The van der Waals surface area contributed by atoms with E-state index in [4.69, 9.17) is 4.84 Å². The van der Waals surface area contributed by atoms with Gasteiger partial charge in [-0.2, -0.15) is 0 Å². The summed E-state index contributed by atoms with van der Waals surface area (Å²) in [5, 5.41) is 18.4. The lowest BCUT2D eigenvalue weighted by Crippen LogP contribution is -2.47. The van der Waals surface area contributed by atoms with Crippen LogP contribution in [-0.4, -0.2) is 65.1 Å². The molecule has 2 aromatic carbocycles. The number of fused-ring (bicyclic) bond motifs is 2. The average Bonchev–Trinajstić information content (AvgIpc) is 3.30. The number of carbonyl (C=O) groups excluding carboxylic acids is 1. The Bertz CT molecular complexity index is 1230. The van der Waals surface area contributed by atoms with Crippen LogP contribution in [0, 0.1) is 5.82 Å². The number of amides is 1. The molecule has 0 atom stereocenters. The Morgan fingerprint density at radius 3 is 2.81 bits per heavy atom. The van der Waals surface area contributed by atoms with Crippen molar-refractivity contribution in [1.82, 2.24) is 15.2 Å². The summed E-state index contributed by atoms with van der Waals surface area (Å²) in [4.78, 5) is 27.0. The summed E-state index contributed by atoms with van der Waals surface area (Å²) in [5.41, 5.74) is 2.99. The highest BCUT2D eigenvalue weighted by Crippen LogP contribution is 2.35. The van der Waals surface area contributed by atoms with Gasteiger partial charge in [0.05, 0.1) is 11.3 Å². The van der Waals surface area contributed by atoms with E-state index in [1.807, 2.05) is 24.3 Å². The molecule has 1 fully saturated rings. The molecule has 0 aliphatic carbocycles. The molecule has 0 spiro atoms. The van der Waals surface area contributed by atoms with E-state index in [1.54, 1.807) is 11.0 Å². The van der Waals surface area contributed by atoms with Crippen molar-refractivity contribution in [3.8, 4) is 5.88 Å². The third kappa shape index (κ3) is 3.92. The second-order valence-electron chi connectivity index (χ2n) is 7.36. The monoisotopic (exact) mass is 457 g/mol. The van der Waals surface area contributed by atoms with Crippen molar-refractivity contribution in [1.29, 1.82) is 0 Å². The number of aromatic hydroxyl groups is 1. The number of nitrogens with one attached hydrogen (secondary N) is 2. The Morgan fingerprint density at radius 2 is 2.00 bits per heavy atom. The van der Waals surface area contributed by atoms with E-state index in [0.717, 1.165) is 13.1 Å². The topological polar surface area (TPSA) is 102 Å². The van der Waals surface area contributed by atoms with E-state index in [9.17, 15) is 14.3 Å². The summed E-state index contributed by atoms with van der Waals surface area (Å²) >= 11 is 0. The van der Waals surface area contributed by atoms with Gasteiger partial charge < -0.3 is 25.1 Å². The first-order valence-corrected chi connectivity index (χ1v) is 9.99. The number of aromatic amines is 1. The van der Waals surface area contributed by atoms with Gasteiger partial charge in [-0.15, -0.1) is 12.4 Å². The Kier molecular flexibility index (Phi) is 6.11. The van der Waals surface area contributed by atoms with Crippen LogP contribution in [0.25, 0.3) is 10.9 Å². The number of aromatic nitrogens is 1. The maximum atomic E-state index is 13.9. The molecule has 1 aromatic heterocycles. The van der Waals surface area contributed by atoms with E-state index in [1.165, 1.54) is 12.1 Å². The molecule has 1 amide bonds. The molecule has 3 heterocycles. The van der Waals surface area contributed by atoms with Gasteiger partial charge >= 0.3 is 0 Å². The first-order valence-electron chi connectivity index (χ1n) is 9.99. The lowest BCUT2D eigenvalue weighted by Gasteiger charge is -2.26. The Morgan fingerprint density at radius 1 is 1.22 bits per heavy atom. The van der Waals surface area contributed by atoms with Crippen LogP contribution in [0.15, 0.2) is 52.6 Å². The number of para-hydroxylation sites is 1. The zero-order chi connectivity index (χ0) is 21.4. The number of benzene rings is 2. The quantitative estimate of drug-likeness (QED) is 0.524. The number of oxime groups is 1. The molecular weight excluding hydrogens is 437 g/mol. The van der Waals surface area contributed by atoms with Gasteiger partial charge in [-0.3, -0.25) is 4.79 Å². The van der Waals surface area contributed by atoms with E-state index >= 15 is 0 Å². The fourth-order valence-electron chi connectivity index (χ4n) is 3.89. The maximum Gasteiger partial charge on any atom is 0.263 e. The second kappa shape index (κ2) is 8.97. The molecule has 8 nitrogen and oxygen atoms in total. The van der Waals surface area contributed by atoms with E-state index in [0.29, 0.717) is 52.2 Å². The summed E-state index contributed by atoms with van der Waals surface area (Å²) in [6.45, 7) is 2.56. The highest BCUT2D eigenvalue weighted by atomic mass is 35.5. The van der Waals surface area contributed by atoms with Gasteiger partial charge in [-0.25, -0.2) is 9.38 Å². The molecular formula is C22H21ClFN5O3. The van der Waals surface area contributed by atoms with Gasteiger partial charge in [-0.1, -0.05) is 23.4 Å². The van der Waals surface area contributed by atoms with Gasteiger partial charge in [0.1, 0.15) is 17.2 Å². The number of halogens is 2. The van der Waals surface area contributed by atoms with Crippen LogP contribution >= 0.6 is 12.4 Å². The summed E-state index contributed by atoms with van der Waals surface area (Å²) in [5.74, 6) is -0.718. The minimum atomic E-state index is -0.430. The van der Waals surface area contributed by atoms with Crippen molar-refractivity contribution in [2.24, 2.45) is 10.1 Å². The molecule has 2 aliphatic heterocycles. The molecule has 2 aliphatic rings. The van der Waals surface area contributed by atoms with Crippen molar-refractivity contribution in [3.63, 3.8) is 0 Å². The summed E-state index contributed by atoms with van der Waals surface area (Å²) < 4.78 is 13.9. The highest BCUT2D eigenvalue weighted by Gasteiger charge is 2.29. The summed E-state index contributed by atoms with van der Waals surface area (Å²) in [7, 11) is 0. The van der Waals surface area contributed by atoms with Crippen molar-refractivity contribution in [3.05, 3.63) is 59.4 Å². The molecule has 10 heteroatoms. The first-order chi connectivity index (χ1) is 15.1. The summed E-state index contributed by atoms with van der Waals surface area (Å²) in [6, 6.07) is 11.5. The van der Waals surface area contributed by atoms with Gasteiger partial charge in [0.15, 0.2) is 12.5 Å². The predicted molar refractivity (Wildman–Crippen MR) is 122 cm³/mol. The third-order valence-electron chi connectivity index (χ3n) is 5.41. The smallest absolute Gasteiger partial charge is 0.263 e. The molecule has 3 aromatic rings. The van der Waals surface area contributed by atoms with Crippen LogP contribution in [0.3, 0.4) is 0 Å². The van der Waals surface area contributed by atoms with Crippen molar-refractivity contribution < 1.29 is 19.1 Å². The van der Waals surface area contributed by atoms with Crippen LogP contribution < -0.4 is 5.32 Å². The normalized spacial score (nSPS) is 16.6. The predicted octanol–water partition coefficient (Wildman–Crippen LogP) is 2.72. The van der Waals surface area contributed by atoms with E-state index in [2.05, 4.69) is 20.4 Å². The van der Waals surface area contributed by atoms with Gasteiger partial charge in [-0.05, 0) is 24.3 Å². The van der Waals surface area contributed by atoms with Gasteiger partial charge in [0, 0.05) is 42.6 Å². The maximum absolute atomic E-state index is 13.9. The fourth-order valence-corrected chi connectivity index (χ4v) is 3.89. The second-order valence-corrected chi connectivity index (χ2v) is 7.36. The number of rotatable bonds is 4. The number of aliphatic imine (C=N–C) groups is 1. The van der Waals surface area contributed by atoms with Crippen molar-refractivity contribution in [2.75, 3.05) is 32.8 Å². The molecule has 0 saturated carbocycles. The van der Waals surface area contributed by atoms with Gasteiger partial charge in [0.2, 0.25) is 0 Å². The standard InChI is InChI=1S/C22H20FN5O3.ClH/c23-13-5-6-17-15(11-13)19(22(30)26-17)21-20(14-3-1-2-4-16(14)25-21)27-31-12-18(29)28-9-7-24-8-10-28;/h1-6,11,24,26,30H,7-10,12H2;1H/b27-20+;. The Labute approximate surface area is 189 Å². The van der Waals surface area contributed by atoms with Crippen LogP contribution in [0.2, 0.25) is 0 Å². The van der Waals surface area contributed by atoms with E-state index < -0.39 is 5.82 Å². The number of hydrogen-bond donors (Lipinski definition) is 3. The van der Waals surface area contributed by atoms with E-state index in [-0.39, 0.29) is 30.8 Å². The molecule has 3 N–H and O–H groups in total. The Balaban J connectivity index is 0.00000245. The number of piperazine rings is 1. The molecule has 0 unspecified atom stereocenters. The number of H-pyrrole nitrogens is 1. The number of nitrogens with zero attached hydrogens (tertiary/aromatic N) is 3. The third-order valence-corrected chi connectivity index (χ3v) is 5.41. The molecule has 1 saturated heterocycles. The SMILES string of the molecule is Cl.O=C(CO/N=C1/C(c2c(O)[nH]c3ccc(F)cc23)=Nc2ccccc21)N1CCNCC1. The molecule has 0 bridgehead atoms. The minimum Gasteiger partial charge on any atom is -0.494 e.